The van der Waals surface area contributed by atoms with Crippen LogP contribution >= 0.6 is 11.6 Å². The summed E-state index contributed by atoms with van der Waals surface area (Å²) in [6.07, 6.45) is 1.83. The van der Waals surface area contributed by atoms with E-state index >= 15 is 0 Å². The molecular formula is C10H11Cl. The maximum Gasteiger partial charge on any atom is 0.0480 e. The molecule has 1 heteroatoms. The van der Waals surface area contributed by atoms with Gasteiger partial charge in [-0.25, -0.2) is 0 Å². The first kappa shape index (κ1) is 8.35. The highest BCUT2D eigenvalue weighted by atomic mass is 35.5. The summed E-state index contributed by atoms with van der Waals surface area (Å²) in [7, 11) is 0. The third kappa shape index (κ3) is 1.84. The molecule has 0 nitrogen and oxygen atoms in total. The lowest BCUT2D eigenvalue weighted by Crippen LogP contribution is -1.84. The van der Waals surface area contributed by atoms with Gasteiger partial charge in [-0.1, -0.05) is 36.4 Å². The van der Waals surface area contributed by atoms with Crippen LogP contribution in [0.25, 0.3) is 6.08 Å². The highest BCUT2D eigenvalue weighted by Gasteiger charge is 1.96. The van der Waals surface area contributed by atoms with E-state index in [2.05, 4.69) is 25.6 Å². The predicted octanol–water partition coefficient (Wildman–Crippen LogP) is 3.38. The molecule has 0 saturated carbocycles. The number of hydrogen-bond acceptors (Lipinski definition) is 0. The van der Waals surface area contributed by atoms with E-state index in [9.17, 15) is 0 Å². The second-order valence-corrected chi connectivity index (χ2v) is 2.81. The molecule has 58 valence electrons. The lowest BCUT2D eigenvalue weighted by Gasteiger charge is -2.02. The first-order valence-electron chi connectivity index (χ1n) is 3.56. The van der Waals surface area contributed by atoms with E-state index in [0.717, 1.165) is 11.1 Å². The summed E-state index contributed by atoms with van der Waals surface area (Å²) in [6.45, 7) is 5.77. The van der Waals surface area contributed by atoms with Crippen molar-refractivity contribution in [3.8, 4) is 0 Å². The minimum Gasteiger partial charge on any atom is -0.122 e. The van der Waals surface area contributed by atoms with E-state index in [1.807, 2.05) is 12.1 Å². The highest BCUT2D eigenvalue weighted by Crippen LogP contribution is 2.14. The molecule has 0 aliphatic carbocycles. The van der Waals surface area contributed by atoms with Crippen molar-refractivity contribution in [1.82, 2.24) is 0 Å². The summed E-state index contributed by atoms with van der Waals surface area (Å²) in [4.78, 5) is 0. The van der Waals surface area contributed by atoms with E-state index in [0.29, 0.717) is 5.88 Å². The smallest absolute Gasteiger partial charge is 0.0480 e. The Balaban J connectivity index is 3.16. The molecule has 0 atom stereocenters. The van der Waals surface area contributed by atoms with E-state index < -0.39 is 0 Å². The van der Waals surface area contributed by atoms with Crippen molar-refractivity contribution in [2.75, 3.05) is 0 Å². The summed E-state index contributed by atoms with van der Waals surface area (Å²) in [5.74, 6) is 0.559. The molecule has 11 heavy (non-hydrogen) atoms. The van der Waals surface area contributed by atoms with Gasteiger partial charge in [0.1, 0.15) is 0 Å². The Morgan fingerprint density at radius 3 is 2.82 bits per heavy atom. The molecule has 1 rings (SSSR count). The molecule has 0 aliphatic heterocycles. The van der Waals surface area contributed by atoms with Gasteiger partial charge in [-0.15, -0.1) is 11.6 Å². The van der Waals surface area contributed by atoms with Crippen LogP contribution in [-0.4, -0.2) is 0 Å². The van der Waals surface area contributed by atoms with E-state index in [1.54, 1.807) is 0 Å². The van der Waals surface area contributed by atoms with E-state index in [4.69, 9.17) is 11.6 Å². The molecule has 0 saturated heterocycles. The molecule has 0 unspecified atom stereocenters. The van der Waals surface area contributed by atoms with Gasteiger partial charge in [-0.2, -0.15) is 0 Å². The fraction of sp³-hybridized carbons (Fsp3) is 0.200. The minimum atomic E-state index is 0.559. The standard InChI is InChI=1S/C10H11Cl/c1-3-9-5-4-8(2)6-10(9)7-11/h3-6H,1,7H2,2H3. The van der Waals surface area contributed by atoms with Gasteiger partial charge < -0.3 is 0 Å². The molecule has 0 aliphatic rings. The van der Waals surface area contributed by atoms with Crippen LogP contribution in [0.1, 0.15) is 16.7 Å². The SMILES string of the molecule is C=Cc1ccc(C)cc1CCl. The molecule has 1 aromatic carbocycles. The second-order valence-electron chi connectivity index (χ2n) is 2.54. The molecule has 0 amide bonds. The Morgan fingerprint density at radius 1 is 1.55 bits per heavy atom. The van der Waals surface area contributed by atoms with Gasteiger partial charge in [0.2, 0.25) is 0 Å². The monoisotopic (exact) mass is 166 g/mol. The molecule has 0 fully saturated rings. The average Bonchev–Trinajstić information content (AvgIpc) is 2.04. The van der Waals surface area contributed by atoms with Crippen molar-refractivity contribution in [2.24, 2.45) is 0 Å². The Bertz CT molecular complexity index is 264. The molecule has 0 bridgehead atoms. The molecule has 0 heterocycles. The first-order chi connectivity index (χ1) is 5.27. The zero-order valence-corrected chi connectivity index (χ0v) is 7.36. The van der Waals surface area contributed by atoms with Crippen molar-refractivity contribution >= 4 is 17.7 Å². The van der Waals surface area contributed by atoms with Crippen molar-refractivity contribution < 1.29 is 0 Å². The second kappa shape index (κ2) is 3.59. The zero-order chi connectivity index (χ0) is 8.27. The van der Waals surface area contributed by atoms with Crippen molar-refractivity contribution in [3.63, 3.8) is 0 Å². The normalized spacial score (nSPS) is 9.64. The number of halogens is 1. The lowest BCUT2D eigenvalue weighted by atomic mass is 10.1. The number of benzene rings is 1. The van der Waals surface area contributed by atoms with Gasteiger partial charge in [0.15, 0.2) is 0 Å². The fourth-order valence-corrected chi connectivity index (χ4v) is 1.28. The van der Waals surface area contributed by atoms with Crippen LogP contribution < -0.4 is 0 Å². The van der Waals surface area contributed by atoms with Crippen LogP contribution in [-0.2, 0) is 5.88 Å². The molecule has 0 aromatic heterocycles. The van der Waals surface area contributed by atoms with Crippen molar-refractivity contribution in [1.29, 1.82) is 0 Å². The molecule has 0 N–H and O–H groups in total. The first-order valence-corrected chi connectivity index (χ1v) is 4.09. The summed E-state index contributed by atoms with van der Waals surface area (Å²) in [5, 5.41) is 0. The summed E-state index contributed by atoms with van der Waals surface area (Å²) in [6, 6.07) is 6.19. The van der Waals surface area contributed by atoms with Crippen molar-refractivity contribution in [2.45, 2.75) is 12.8 Å². The maximum absolute atomic E-state index is 5.74. The largest absolute Gasteiger partial charge is 0.122 e. The summed E-state index contributed by atoms with van der Waals surface area (Å²) >= 11 is 5.74. The third-order valence-electron chi connectivity index (χ3n) is 1.66. The minimum absolute atomic E-state index is 0.559. The molecule has 0 spiro atoms. The van der Waals surface area contributed by atoms with E-state index in [-0.39, 0.29) is 0 Å². The van der Waals surface area contributed by atoms with Crippen LogP contribution in [0.2, 0.25) is 0 Å². The highest BCUT2D eigenvalue weighted by molar-refractivity contribution is 6.17. The topological polar surface area (TPSA) is 0 Å². The van der Waals surface area contributed by atoms with E-state index in [1.165, 1.54) is 5.56 Å². The Kier molecular flexibility index (Phi) is 2.72. The Hall–Kier alpha value is -0.750. The van der Waals surface area contributed by atoms with Crippen LogP contribution in [0.5, 0.6) is 0 Å². The lowest BCUT2D eigenvalue weighted by molar-refractivity contribution is 1.33. The van der Waals surface area contributed by atoms with Gasteiger partial charge in [0.05, 0.1) is 0 Å². The van der Waals surface area contributed by atoms with Gasteiger partial charge in [0.25, 0.3) is 0 Å². The average molecular weight is 167 g/mol. The van der Waals surface area contributed by atoms with Gasteiger partial charge in [-0.05, 0) is 18.1 Å². The van der Waals surface area contributed by atoms with Crippen LogP contribution in [0.15, 0.2) is 24.8 Å². The number of alkyl halides is 1. The Morgan fingerprint density at radius 2 is 2.27 bits per heavy atom. The van der Waals surface area contributed by atoms with Crippen molar-refractivity contribution in [3.05, 3.63) is 41.5 Å². The number of aryl methyl sites for hydroxylation is 1. The van der Waals surface area contributed by atoms with Crippen LogP contribution in [0, 0.1) is 6.92 Å². The summed E-state index contributed by atoms with van der Waals surface area (Å²) < 4.78 is 0. The fourth-order valence-electron chi connectivity index (χ4n) is 1.05. The van der Waals surface area contributed by atoms with Crippen LogP contribution in [0.3, 0.4) is 0 Å². The third-order valence-corrected chi connectivity index (χ3v) is 1.95. The van der Waals surface area contributed by atoms with Crippen LogP contribution in [0.4, 0.5) is 0 Å². The Labute approximate surface area is 72.5 Å². The van der Waals surface area contributed by atoms with Gasteiger partial charge in [-0.3, -0.25) is 0 Å². The summed E-state index contributed by atoms with van der Waals surface area (Å²) in [5.41, 5.74) is 3.53. The zero-order valence-electron chi connectivity index (χ0n) is 6.60. The van der Waals surface area contributed by atoms with Gasteiger partial charge >= 0.3 is 0 Å². The quantitative estimate of drug-likeness (QED) is 0.591. The molecular weight excluding hydrogens is 156 g/mol. The predicted molar refractivity (Wildman–Crippen MR) is 50.8 cm³/mol. The number of hydrogen-bond donors (Lipinski definition) is 0. The molecule has 0 radical (unpaired) electrons. The molecule has 1 aromatic rings. The van der Waals surface area contributed by atoms with Gasteiger partial charge in [0, 0.05) is 5.88 Å². The maximum atomic E-state index is 5.74. The number of rotatable bonds is 2.